The van der Waals surface area contributed by atoms with Crippen molar-refractivity contribution in [3.05, 3.63) is 30.1 Å². The van der Waals surface area contributed by atoms with E-state index in [2.05, 4.69) is 17.0 Å². The monoisotopic (exact) mass is 223 g/mol. The van der Waals surface area contributed by atoms with Gasteiger partial charge in [0.2, 0.25) is 0 Å². The van der Waals surface area contributed by atoms with Crippen LogP contribution in [-0.2, 0) is 11.8 Å². The van der Waals surface area contributed by atoms with Crippen LogP contribution in [0, 0.1) is 0 Å². The fraction of sp³-hybridized carbons (Fsp3) is 0.455. The summed E-state index contributed by atoms with van der Waals surface area (Å²) in [6.07, 6.45) is 1.73. The van der Waals surface area contributed by atoms with E-state index in [4.69, 9.17) is 4.74 Å². The molecule has 1 aromatic rings. The predicted octanol–water partition coefficient (Wildman–Crippen LogP) is 0.743. The summed E-state index contributed by atoms with van der Waals surface area (Å²) in [5.41, 5.74) is 1.39. The summed E-state index contributed by atoms with van der Waals surface area (Å²) in [5.74, 6) is -0.181. The van der Waals surface area contributed by atoms with E-state index < -0.39 is 0 Å². The molecule has 0 radical (unpaired) electrons. The van der Waals surface area contributed by atoms with Gasteiger partial charge in [-0.1, -0.05) is 12.2 Å². The molecular formula is C11H17N3O2. The molecule has 1 N–H and O–H groups in total. The predicted molar refractivity (Wildman–Crippen MR) is 61.2 cm³/mol. The molecule has 5 heteroatoms. The van der Waals surface area contributed by atoms with Gasteiger partial charge in [0, 0.05) is 19.8 Å². The van der Waals surface area contributed by atoms with Crippen molar-refractivity contribution in [2.75, 3.05) is 19.8 Å². The topological polar surface area (TPSA) is 56.1 Å². The van der Waals surface area contributed by atoms with Gasteiger partial charge in [0.15, 0.2) is 0 Å². The third kappa shape index (κ3) is 4.27. The van der Waals surface area contributed by atoms with E-state index in [0.29, 0.717) is 25.5 Å². The lowest BCUT2D eigenvalue weighted by atomic mass is 10.4. The van der Waals surface area contributed by atoms with Crippen molar-refractivity contribution >= 4 is 5.91 Å². The van der Waals surface area contributed by atoms with Crippen LogP contribution in [0.3, 0.4) is 0 Å². The Balaban J connectivity index is 2.18. The van der Waals surface area contributed by atoms with Crippen molar-refractivity contribution in [2.24, 2.45) is 7.05 Å². The lowest BCUT2D eigenvalue weighted by Gasteiger charge is -2.04. The molecule has 0 saturated carbocycles. The minimum atomic E-state index is -0.181. The molecule has 1 amide bonds. The van der Waals surface area contributed by atoms with Gasteiger partial charge in [-0.05, 0) is 13.0 Å². The van der Waals surface area contributed by atoms with Crippen LogP contribution in [0.25, 0.3) is 0 Å². The molecule has 0 unspecified atom stereocenters. The number of nitrogens with one attached hydrogen (secondary N) is 1. The van der Waals surface area contributed by atoms with Crippen LogP contribution in [0.2, 0.25) is 0 Å². The Morgan fingerprint density at radius 1 is 1.69 bits per heavy atom. The van der Waals surface area contributed by atoms with E-state index in [1.807, 2.05) is 6.92 Å². The molecule has 1 rings (SSSR count). The highest BCUT2D eigenvalue weighted by molar-refractivity contribution is 5.92. The zero-order valence-electron chi connectivity index (χ0n) is 9.69. The summed E-state index contributed by atoms with van der Waals surface area (Å²) in [7, 11) is 1.77. The van der Waals surface area contributed by atoms with E-state index in [1.54, 1.807) is 24.0 Å². The Bertz CT molecular complexity index is 371. The third-order valence-electron chi connectivity index (χ3n) is 1.83. The fourth-order valence-electron chi connectivity index (χ4n) is 1.11. The molecule has 5 nitrogen and oxygen atoms in total. The number of amides is 1. The van der Waals surface area contributed by atoms with Crippen molar-refractivity contribution in [1.82, 2.24) is 15.1 Å². The van der Waals surface area contributed by atoms with Crippen LogP contribution in [0.15, 0.2) is 24.4 Å². The number of carbonyl (C=O) groups is 1. The van der Waals surface area contributed by atoms with E-state index >= 15 is 0 Å². The number of hydrogen-bond donors (Lipinski definition) is 1. The first kappa shape index (κ1) is 12.4. The molecule has 0 saturated heterocycles. The summed E-state index contributed by atoms with van der Waals surface area (Å²) in [6, 6.07) is 1.67. The van der Waals surface area contributed by atoms with Crippen molar-refractivity contribution in [2.45, 2.75) is 6.92 Å². The van der Waals surface area contributed by atoms with Gasteiger partial charge in [-0.15, -0.1) is 0 Å². The van der Waals surface area contributed by atoms with E-state index in [9.17, 15) is 4.79 Å². The summed E-state index contributed by atoms with van der Waals surface area (Å²) < 4.78 is 6.84. The molecule has 0 aliphatic rings. The van der Waals surface area contributed by atoms with Crippen molar-refractivity contribution in [3.63, 3.8) is 0 Å². The first-order valence-electron chi connectivity index (χ1n) is 5.09. The minimum absolute atomic E-state index is 0.181. The van der Waals surface area contributed by atoms with E-state index in [1.165, 1.54) is 0 Å². The first-order valence-corrected chi connectivity index (χ1v) is 5.09. The highest BCUT2D eigenvalue weighted by Crippen LogP contribution is 1.93. The highest BCUT2D eigenvalue weighted by atomic mass is 16.5. The van der Waals surface area contributed by atoms with Gasteiger partial charge in [-0.3, -0.25) is 9.48 Å². The SMILES string of the molecule is C=C(C)COCCNC(=O)c1ccn(C)n1. The first-order chi connectivity index (χ1) is 7.59. The maximum absolute atomic E-state index is 11.5. The molecule has 0 aliphatic carbocycles. The number of carbonyl (C=O) groups excluding carboxylic acids is 1. The van der Waals surface area contributed by atoms with Crippen LogP contribution in [0.4, 0.5) is 0 Å². The molecule has 0 fully saturated rings. The molecule has 0 spiro atoms. The average Bonchev–Trinajstić information content (AvgIpc) is 2.63. The number of aryl methyl sites for hydroxylation is 1. The smallest absolute Gasteiger partial charge is 0.271 e. The van der Waals surface area contributed by atoms with Gasteiger partial charge in [0.1, 0.15) is 5.69 Å². The maximum atomic E-state index is 11.5. The molecular weight excluding hydrogens is 206 g/mol. The van der Waals surface area contributed by atoms with Gasteiger partial charge in [0.05, 0.1) is 13.2 Å². The second kappa shape index (κ2) is 6.07. The normalized spacial score (nSPS) is 10.1. The number of ether oxygens (including phenoxy) is 1. The fourth-order valence-corrected chi connectivity index (χ4v) is 1.11. The number of rotatable bonds is 6. The number of hydrogen-bond acceptors (Lipinski definition) is 3. The largest absolute Gasteiger partial charge is 0.375 e. The minimum Gasteiger partial charge on any atom is -0.375 e. The second-order valence-corrected chi connectivity index (χ2v) is 3.64. The van der Waals surface area contributed by atoms with Gasteiger partial charge < -0.3 is 10.1 Å². The Morgan fingerprint density at radius 3 is 3.00 bits per heavy atom. The second-order valence-electron chi connectivity index (χ2n) is 3.64. The average molecular weight is 223 g/mol. The maximum Gasteiger partial charge on any atom is 0.271 e. The van der Waals surface area contributed by atoms with Crippen LogP contribution >= 0.6 is 0 Å². The Hall–Kier alpha value is -1.62. The molecule has 0 aromatic carbocycles. The van der Waals surface area contributed by atoms with Gasteiger partial charge in [0.25, 0.3) is 5.91 Å². The number of nitrogens with zero attached hydrogens (tertiary/aromatic N) is 2. The molecule has 88 valence electrons. The molecule has 0 bridgehead atoms. The molecule has 1 aromatic heterocycles. The lowest BCUT2D eigenvalue weighted by molar-refractivity contribution is 0.0921. The highest BCUT2D eigenvalue weighted by Gasteiger charge is 2.06. The Morgan fingerprint density at radius 2 is 2.44 bits per heavy atom. The zero-order chi connectivity index (χ0) is 12.0. The zero-order valence-corrected chi connectivity index (χ0v) is 9.69. The van der Waals surface area contributed by atoms with E-state index in [0.717, 1.165) is 5.57 Å². The van der Waals surface area contributed by atoms with Crippen LogP contribution < -0.4 is 5.32 Å². The molecule has 16 heavy (non-hydrogen) atoms. The summed E-state index contributed by atoms with van der Waals surface area (Å²) >= 11 is 0. The van der Waals surface area contributed by atoms with Crippen molar-refractivity contribution in [3.8, 4) is 0 Å². The van der Waals surface area contributed by atoms with E-state index in [-0.39, 0.29) is 5.91 Å². The molecule has 1 heterocycles. The van der Waals surface area contributed by atoms with Crippen LogP contribution in [0.5, 0.6) is 0 Å². The van der Waals surface area contributed by atoms with Crippen molar-refractivity contribution in [1.29, 1.82) is 0 Å². The van der Waals surface area contributed by atoms with Crippen LogP contribution in [-0.4, -0.2) is 35.4 Å². The third-order valence-corrected chi connectivity index (χ3v) is 1.83. The lowest BCUT2D eigenvalue weighted by Crippen LogP contribution is -2.27. The molecule has 0 aliphatic heterocycles. The standard InChI is InChI=1S/C11H17N3O2/c1-9(2)8-16-7-5-12-11(15)10-4-6-14(3)13-10/h4,6H,1,5,7-8H2,2-3H3,(H,12,15). The van der Waals surface area contributed by atoms with Gasteiger partial charge in [-0.25, -0.2) is 0 Å². The van der Waals surface area contributed by atoms with Gasteiger partial charge in [-0.2, -0.15) is 5.10 Å². The number of aromatic nitrogens is 2. The Kier molecular flexibility index (Phi) is 4.72. The van der Waals surface area contributed by atoms with Gasteiger partial charge >= 0.3 is 0 Å². The Labute approximate surface area is 95.1 Å². The molecule has 0 atom stereocenters. The summed E-state index contributed by atoms with van der Waals surface area (Å²) in [6.45, 7) is 7.09. The summed E-state index contributed by atoms with van der Waals surface area (Å²) in [4.78, 5) is 11.5. The van der Waals surface area contributed by atoms with Crippen LogP contribution in [0.1, 0.15) is 17.4 Å². The summed E-state index contributed by atoms with van der Waals surface area (Å²) in [5, 5.41) is 6.70. The van der Waals surface area contributed by atoms with Crippen molar-refractivity contribution < 1.29 is 9.53 Å². The quantitative estimate of drug-likeness (QED) is 0.571.